The summed E-state index contributed by atoms with van der Waals surface area (Å²) in [6.07, 6.45) is 0.664. The highest BCUT2D eigenvalue weighted by atomic mass is 16.5. The highest BCUT2D eigenvalue weighted by Crippen LogP contribution is 2.24. The number of aliphatic hydroxyl groups is 1. The van der Waals surface area contributed by atoms with E-state index in [1.54, 1.807) is 6.07 Å². The van der Waals surface area contributed by atoms with Gasteiger partial charge in [0.2, 0.25) is 0 Å². The summed E-state index contributed by atoms with van der Waals surface area (Å²) >= 11 is 0. The molecule has 1 unspecified atom stereocenters. The first-order chi connectivity index (χ1) is 11.2. The minimum Gasteiger partial charge on any atom is -0.465 e. The van der Waals surface area contributed by atoms with Crippen LogP contribution in [-0.2, 0) is 11.3 Å². The third-order valence-corrected chi connectivity index (χ3v) is 3.90. The number of rotatable bonds is 7. The van der Waals surface area contributed by atoms with Gasteiger partial charge < -0.3 is 9.84 Å². The first-order valence-corrected chi connectivity index (χ1v) is 7.69. The minimum atomic E-state index is -0.329. The number of ether oxygens (including phenoxy) is 1. The molecule has 4 heteroatoms. The van der Waals surface area contributed by atoms with Crippen molar-refractivity contribution in [2.75, 3.05) is 20.8 Å². The molecule has 0 spiro atoms. The van der Waals surface area contributed by atoms with E-state index in [9.17, 15) is 9.90 Å². The molecule has 0 fully saturated rings. The van der Waals surface area contributed by atoms with E-state index in [4.69, 9.17) is 4.74 Å². The highest BCUT2D eigenvalue weighted by molar-refractivity contribution is 5.89. The summed E-state index contributed by atoms with van der Waals surface area (Å²) in [5.74, 6) is -0.329. The third kappa shape index (κ3) is 4.65. The van der Waals surface area contributed by atoms with Crippen molar-refractivity contribution < 1.29 is 14.6 Å². The van der Waals surface area contributed by atoms with Crippen LogP contribution in [-0.4, -0.2) is 36.7 Å². The van der Waals surface area contributed by atoms with Gasteiger partial charge in [-0.2, -0.15) is 0 Å². The van der Waals surface area contributed by atoms with Crippen LogP contribution in [0.15, 0.2) is 54.6 Å². The summed E-state index contributed by atoms with van der Waals surface area (Å²) in [4.78, 5) is 13.8. The van der Waals surface area contributed by atoms with Crippen LogP contribution in [0.5, 0.6) is 0 Å². The Hall–Kier alpha value is -2.17. The molecule has 0 amide bonds. The molecule has 2 rings (SSSR count). The molecule has 4 nitrogen and oxygen atoms in total. The summed E-state index contributed by atoms with van der Waals surface area (Å²) in [5.41, 5.74) is 2.76. The Morgan fingerprint density at radius 1 is 1.17 bits per heavy atom. The fraction of sp³-hybridized carbons (Fsp3) is 0.316. The van der Waals surface area contributed by atoms with Gasteiger partial charge in [-0.05, 0) is 36.7 Å². The lowest BCUT2D eigenvalue weighted by Crippen LogP contribution is -2.25. The molecule has 0 saturated heterocycles. The standard InChI is InChI=1S/C19H23NO3/c1-20(18(11-12-21)16-8-4-3-5-9-16)14-15-7-6-10-17(13-15)19(22)23-2/h3-10,13,18,21H,11-12,14H2,1-2H3. The highest BCUT2D eigenvalue weighted by Gasteiger charge is 2.17. The van der Waals surface area contributed by atoms with Crippen molar-refractivity contribution in [2.24, 2.45) is 0 Å². The van der Waals surface area contributed by atoms with Gasteiger partial charge in [0.1, 0.15) is 0 Å². The van der Waals surface area contributed by atoms with Crippen LogP contribution >= 0.6 is 0 Å². The summed E-state index contributed by atoms with van der Waals surface area (Å²) < 4.78 is 4.77. The Kier molecular flexibility index (Phi) is 6.32. The number of carbonyl (C=O) groups excluding carboxylic acids is 1. The molecule has 0 heterocycles. The maximum atomic E-state index is 11.6. The molecule has 0 radical (unpaired) electrons. The second kappa shape index (κ2) is 8.46. The largest absolute Gasteiger partial charge is 0.465 e. The quantitative estimate of drug-likeness (QED) is 0.798. The van der Waals surface area contributed by atoms with E-state index in [1.807, 2.05) is 43.4 Å². The van der Waals surface area contributed by atoms with Gasteiger partial charge in [-0.3, -0.25) is 4.90 Å². The van der Waals surface area contributed by atoms with Gasteiger partial charge in [-0.1, -0.05) is 42.5 Å². The molecular weight excluding hydrogens is 290 g/mol. The van der Waals surface area contributed by atoms with Crippen molar-refractivity contribution in [1.29, 1.82) is 0 Å². The van der Waals surface area contributed by atoms with Crippen LogP contribution < -0.4 is 0 Å². The van der Waals surface area contributed by atoms with Gasteiger partial charge in [-0.15, -0.1) is 0 Å². The lowest BCUT2D eigenvalue weighted by Gasteiger charge is -2.28. The minimum absolute atomic E-state index is 0.128. The van der Waals surface area contributed by atoms with Crippen molar-refractivity contribution in [1.82, 2.24) is 4.90 Å². The van der Waals surface area contributed by atoms with Crippen molar-refractivity contribution in [2.45, 2.75) is 19.0 Å². The van der Waals surface area contributed by atoms with Crippen LogP contribution in [0.1, 0.15) is 33.9 Å². The first-order valence-electron chi connectivity index (χ1n) is 7.69. The molecule has 2 aromatic rings. The molecule has 23 heavy (non-hydrogen) atoms. The smallest absolute Gasteiger partial charge is 0.337 e. The summed E-state index contributed by atoms with van der Waals surface area (Å²) in [7, 11) is 3.41. The van der Waals surface area contributed by atoms with E-state index in [-0.39, 0.29) is 18.6 Å². The molecule has 0 aliphatic rings. The first kappa shape index (κ1) is 17.2. The molecule has 122 valence electrons. The van der Waals surface area contributed by atoms with Gasteiger partial charge in [0.25, 0.3) is 0 Å². The molecule has 0 saturated carbocycles. The van der Waals surface area contributed by atoms with E-state index in [2.05, 4.69) is 17.0 Å². The lowest BCUT2D eigenvalue weighted by atomic mass is 10.0. The number of benzene rings is 2. The molecule has 1 N–H and O–H groups in total. The number of hydrogen-bond donors (Lipinski definition) is 1. The Labute approximate surface area is 137 Å². The average Bonchev–Trinajstić information content (AvgIpc) is 2.59. The predicted octanol–water partition coefficient (Wildman–Crippen LogP) is 3.03. The van der Waals surface area contributed by atoms with Crippen molar-refractivity contribution in [3.63, 3.8) is 0 Å². The van der Waals surface area contributed by atoms with Crippen molar-refractivity contribution in [3.8, 4) is 0 Å². The number of methoxy groups -OCH3 is 1. The molecule has 0 aromatic heterocycles. The topological polar surface area (TPSA) is 49.8 Å². The predicted molar refractivity (Wildman–Crippen MR) is 90.1 cm³/mol. The maximum absolute atomic E-state index is 11.6. The fourth-order valence-electron chi connectivity index (χ4n) is 2.75. The zero-order valence-electron chi connectivity index (χ0n) is 13.6. The summed E-state index contributed by atoms with van der Waals surface area (Å²) in [6.45, 7) is 0.816. The molecule has 0 aliphatic carbocycles. The zero-order chi connectivity index (χ0) is 16.7. The Morgan fingerprint density at radius 3 is 2.57 bits per heavy atom. The number of hydrogen-bond acceptors (Lipinski definition) is 4. The number of carbonyl (C=O) groups is 1. The molecule has 0 bridgehead atoms. The van der Waals surface area contributed by atoms with Gasteiger partial charge >= 0.3 is 5.97 Å². The Morgan fingerprint density at radius 2 is 1.91 bits per heavy atom. The van der Waals surface area contributed by atoms with Crippen LogP contribution in [0.2, 0.25) is 0 Å². The summed E-state index contributed by atoms with van der Waals surface area (Å²) in [6, 6.07) is 17.7. The average molecular weight is 313 g/mol. The number of esters is 1. The Balaban J connectivity index is 2.15. The SMILES string of the molecule is COC(=O)c1cccc(CN(C)C(CCO)c2ccccc2)c1. The molecule has 2 aromatic carbocycles. The van der Waals surface area contributed by atoms with E-state index in [0.717, 1.165) is 5.56 Å². The number of nitrogens with zero attached hydrogens (tertiary/aromatic N) is 1. The summed E-state index contributed by atoms with van der Waals surface area (Å²) in [5, 5.41) is 9.37. The van der Waals surface area contributed by atoms with Gasteiger partial charge in [0.05, 0.1) is 12.7 Å². The second-order valence-corrected chi connectivity index (χ2v) is 5.55. The van der Waals surface area contributed by atoms with Crippen molar-refractivity contribution in [3.05, 3.63) is 71.3 Å². The van der Waals surface area contributed by atoms with E-state index >= 15 is 0 Å². The third-order valence-electron chi connectivity index (χ3n) is 3.90. The fourth-order valence-corrected chi connectivity index (χ4v) is 2.75. The molecule has 1 atom stereocenters. The van der Waals surface area contributed by atoms with Gasteiger partial charge in [-0.25, -0.2) is 4.79 Å². The van der Waals surface area contributed by atoms with Crippen LogP contribution in [0.4, 0.5) is 0 Å². The Bertz CT molecular complexity index is 628. The van der Waals surface area contributed by atoms with Crippen LogP contribution in [0.25, 0.3) is 0 Å². The normalized spacial score (nSPS) is 12.2. The second-order valence-electron chi connectivity index (χ2n) is 5.55. The lowest BCUT2D eigenvalue weighted by molar-refractivity contribution is 0.0600. The van der Waals surface area contributed by atoms with Gasteiger partial charge in [0.15, 0.2) is 0 Å². The van der Waals surface area contributed by atoms with E-state index < -0.39 is 0 Å². The van der Waals surface area contributed by atoms with E-state index in [0.29, 0.717) is 18.5 Å². The molecular formula is C19H23NO3. The maximum Gasteiger partial charge on any atom is 0.337 e. The van der Waals surface area contributed by atoms with Crippen molar-refractivity contribution >= 4 is 5.97 Å². The van der Waals surface area contributed by atoms with Crippen LogP contribution in [0, 0.1) is 0 Å². The zero-order valence-corrected chi connectivity index (χ0v) is 13.6. The number of aliphatic hydroxyl groups excluding tert-OH is 1. The van der Waals surface area contributed by atoms with Crippen LogP contribution in [0.3, 0.4) is 0 Å². The van der Waals surface area contributed by atoms with E-state index in [1.165, 1.54) is 12.7 Å². The molecule has 0 aliphatic heterocycles. The monoisotopic (exact) mass is 313 g/mol. The van der Waals surface area contributed by atoms with Gasteiger partial charge in [0, 0.05) is 19.2 Å².